The Morgan fingerprint density at radius 3 is 0.854 bits per heavy atom. The summed E-state index contributed by atoms with van der Waals surface area (Å²) in [4.78, 5) is 0. The van der Waals surface area contributed by atoms with E-state index >= 15 is 0 Å². The van der Waals surface area contributed by atoms with Gasteiger partial charge in [-0.2, -0.15) is 0 Å². The molecule has 0 saturated carbocycles. The van der Waals surface area contributed by atoms with Gasteiger partial charge in [0.1, 0.15) is 165 Å². The Hall–Kier alpha value is -1.48. The van der Waals surface area contributed by atoms with Crippen molar-refractivity contribution in [3.05, 3.63) is 0 Å². The molecule has 9 aliphatic heterocycles. The second-order valence-electron chi connectivity index (χ2n) is 21.1. The molecule has 37 heteroatoms. The molecule has 9 rings (SSSR count). The lowest BCUT2D eigenvalue weighted by atomic mass is 10.0. The number of hydrogen-bond donors (Lipinski definition) is 20. The normalized spacial score (nSPS) is 54.3. The van der Waals surface area contributed by atoms with Gasteiger partial charge >= 0.3 is 0 Å². The first-order valence-electron chi connectivity index (χ1n) is 26.3. The Kier molecular flexibility index (Phi) is 22.1. The van der Waals surface area contributed by atoms with Crippen molar-refractivity contribution in [2.45, 2.75) is 221 Å². The van der Waals surface area contributed by atoms with Crippen LogP contribution in [0.25, 0.3) is 0 Å². The van der Waals surface area contributed by atoms with E-state index in [1.807, 2.05) is 0 Å². The lowest BCUT2D eigenvalue weighted by Crippen LogP contribution is -2.64. The van der Waals surface area contributed by atoms with Gasteiger partial charge in [-0.1, -0.05) is 0 Å². The van der Waals surface area contributed by atoms with Gasteiger partial charge in [0, 0.05) is 0 Å². The lowest BCUT2D eigenvalue weighted by molar-refractivity contribution is -0.378. The number of rotatable bonds is 18. The molecule has 9 saturated heterocycles. The van der Waals surface area contributed by atoms with E-state index < -0.39 is 281 Å². The first kappa shape index (κ1) is 65.0. The highest BCUT2D eigenvalue weighted by atomic mass is 16.8. The van der Waals surface area contributed by atoms with Crippen molar-refractivity contribution < 1.29 is 183 Å². The minimum Gasteiger partial charge on any atom is -0.394 e. The molecule has 36 atom stereocenters. The minimum atomic E-state index is -2.06. The molecule has 9 heterocycles. The van der Waals surface area contributed by atoms with Crippen LogP contribution in [0.1, 0.15) is 0 Å². The van der Waals surface area contributed by atoms with E-state index in [4.69, 9.17) is 80.5 Å². The molecule has 36 unspecified atom stereocenters. The highest BCUT2D eigenvalue weighted by molar-refractivity contribution is 4.97. The Morgan fingerprint density at radius 1 is 0.244 bits per heavy atom. The van der Waals surface area contributed by atoms with Crippen molar-refractivity contribution >= 4 is 0 Å². The van der Waals surface area contributed by atoms with Gasteiger partial charge in [-0.3, -0.25) is 0 Å². The highest BCUT2D eigenvalue weighted by Gasteiger charge is 2.56. The zero-order valence-electron chi connectivity index (χ0n) is 43.0. The fraction of sp³-hybridized carbons (Fsp3) is 1.00. The van der Waals surface area contributed by atoms with Gasteiger partial charge in [-0.25, -0.2) is 0 Å². The van der Waals surface area contributed by atoms with Crippen LogP contribution in [0.2, 0.25) is 0 Å². The van der Waals surface area contributed by atoms with Crippen molar-refractivity contribution in [1.29, 1.82) is 0 Å². The minimum absolute atomic E-state index is 0.437. The average Bonchev–Trinajstić information content (AvgIpc) is 3.96. The molecule has 9 fully saturated rings. The zero-order valence-corrected chi connectivity index (χ0v) is 43.0. The predicted molar refractivity (Wildman–Crippen MR) is 243 cm³/mol. The summed E-state index contributed by atoms with van der Waals surface area (Å²) in [6, 6.07) is 0. The van der Waals surface area contributed by atoms with E-state index in [-0.39, 0.29) is 0 Å². The van der Waals surface area contributed by atoms with Gasteiger partial charge in [0.25, 0.3) is 0 Å². The summed E-state index contributed by atoms with van der Waals surface area (Å²) in [6.45, 7) is -5.45. The Labute approximate surface area is 463 Å². The number of aliphatic hydroxyl groups excluding tert-OH is 20. The first-order chi connectivity index (χ1) is 39.0. The molecule has 0 aromatic carbocycles. The molecule has 20 N–H and O–H groups in total. The molecule has 0 aromatic heterocycles. The van der Waals surface area contributed by atoms with Crippen molar-refractivity contribution in [3.63, 3.8) is 0 Å². The van der Waals surface area contributed by atoms with Crippen LogP contribution in [0.5, 0.6) is 0 Å². The number of hydrogen-bond acceptors (Lipinski definition) is 37. The van der Waals surface area contributed by atoms with E-state index in [9.17, 15) is 102 Å². The van der Waals surface area contributed by atoms with E-state index in [2.05, 4.69) is 0 Å². The van der Waals surface area contributed by atoms with Crippen LogP contribution < -0.4 is 0 Å². The molecule has 476 valence electrons. The smallest absolute Gasteiger partial charge is 0.187 e. The Morgan fingerprint density at radius 2 is 0.512 bits per heavy atom. The molecular weight excluding hydrogens is 1130 g/mol. The average molecular weight is 1210 g/mol. The van der Waals surface area contributed by atoms with E-state index in [0.29, 0.717) is 0 Å². The maximum atomic E-state index is 11.8. The third-order valence-electron chi connectivity index (χ3n) is 15.5. The van der Waals surface area contributed by atoms with Crippen LogP contribution in [0.3, 0.4) is 0 Å². The Balaban J connectivity index is 0.828. The second-order valence-corrected chi connectivity index (χ2v) is 21.1. The van der Waals surface area contributed by atoms with Crippen molar-refractivity contribution in [1.82, 2.24) is 0 Å². The monoisotopic (exact) mass is 1210 g/mol. The summed E-state index contributed by atoms with van der Waals surface area (Å²) in [6.07, 6.45) is -61.6. The topological polar surface area (TPSA) is 562 Å². The lowest BCUT2D eigenvalue weighted by Gasteiger charge is -2.47. The molecule has 37 nitrogen and oxygen atoms in total. The van der Waals surface area contributed by atoms with Crippen LogP contribution >= 0.6 is 0 Å². The van der Waals surface area contributed by atoms with E-state index in [1.54, 1.807) is 0 Å². The van der Waals surface area contributed by atoms with Crippen LogP contribution in [0.4, 0.5) is 0 Å². The predicted octanol–water partition coefficient (Wildman–Crippen LogP) is -14.9. The quantitative estimate of drug-likeness (QED) is 0.0606. The maximum Gasteiger partial charge on any atom is 0.187 e. The van der Waals surface area contributed by atoms with Gasteiger partial charge in [-0.15, -0.1) is 0 Å². The maximum absolute atomic E-state index is 11.8. The van der Waals surface area contributed by atoms with E-state index in [0.717, 1.165) is 0 Å². The van der Waals surface area contributed by atoms with Crippen molar-refractivity contribution in [3.8, 4) is 0 Å². The van der Waals surface area contributed by atoms with Crippen LogP contribution in [0.15, 0.2) is 0 Å². The molecule has 0 aromatic rings. The molecule has 0 aliphatic carbocycles. The molecule has 0 spiro atoms. The summed E-state index contributed by atoms with van der Waals surface area (Å²) >= 11 is 0. The number of aliphatic hydroxyl groups is 20. The highest BCUT2D eigenvalue weighted by Crippen LogP contribution is 2.36. The molecular formula is C45H74O37. The van der Waals surface area contributed by atoms with Crippen LogP contribution in [-0.4, -0.2) is 383 Å². The van der Waals surface area contributed by atoms with Gasteiger partial charge < -0.3 is 183 Å². The third kappa shape index (κ3) is 13.7. The first-order valence-corrected chi connectivity index (χ1v) is 26.3. The molecule has 0 radical (unpaired) electrons. The Bertz CT molecular complexity index is 1980. The van der Waals surface area contributed by atoms with Crippen molar-refractivity contribution in [2.24, 2.45) is 0 Å². The standard InChI is InChI=1S/C45H74O37/c46-1-11-20(50)31(61)44(73-11)81-35-17(79-40-29(59)23(53)14(5-69-40)76-38-27(57)19(49)10(48)3-67-38)8-72-43(34(35)64)78-16-7-70-41(30(60)25(16)55)80-18-9-71-42(33(63)36(18)82-45-32(62)21(51)12(2-47)74-45)77-15-6-68-39(28(58)24(15)54)75-13-4-66-37(65)26(56)22(13)52/h10-65H,1-9H2. The summed E-state index contributed by atoms with van der Waals surface area (Å²) in [7, 11) is 0. The van der Waals surface area contributed by atoms with Gasteiger partial charge in [0.15, 0.2) is 56.6 Å². The van der Waals surface area contributed by atoms with Gasteiger partial charge in [-0.05, 0) is 0 Å². The largest absolute Gasteiger partial charge is 0.394 e. The van der Waals surface area contributed by atoms with Gasteiger partial charge in [0.05, 0.1) is 59.5 Å². The fourth-order valence-corrected chi connectivity index (χ4v) is 10.4. The number of ether oxygens (including phenoxy) is 17. The van der Waals surface area contributed by atoms with Crippen molar-refractivity contribution in [2.75, 3.05) is 59.5 Å². The SMILES string of the molecule is OCC1OC(OC2C(OC3OCC(OC4OCC(O)C(O)C4O)C(O)C3O)COC(OC3COC(OC4COC(OC5COC(OC6COC(O)C(O)C6O)C(O)C5O)C(O)C4OC4OC(CO)C(O)C4O)C(O)C3O)C2O)C(O)C1O. The molecule has 0 amide bonds. The molecule has 0 bridgehead atoms. The molecule has 9 aliphatic rings. The summed E-state index contributed by atoms with van der Waals surface area (Å²) in [5.41, 5.74) is 0. The second kappa shape index (κ2) is 27.9. The van der Waals surface area contributed by atoms with E-state index in [1.165, 1.54) is 0 Å². The summed E-state index contributed by atoms with van der Waals surface area (Å²) in [5, 5.41) is 212. The zero-order chi connectivity index (χ0) is 59.2. The van der Waals surface area contributed by atoms with Gasteiger partial charge in [0.2, 0.25) is 0 Å². The van der Waals surface area contributed by atoms with Crippen LogP contribution in [0, 0.1) is 0 Å². The fourth-order valence-electron chi connectivity index (χ4n) is 10.4. The molecule has 82 heavy (non-hydrogen) atoms. The summed E-state index contributed by atoms with van der Waals surface area (Å²) < 4.78 is 95.8. The third-order valence-corrected chi connectivity index (χ3v) is 15.5. The van der Waals surface area contributed by atoms with Crippen LogP contribution in [-0.2, 0) is 80.5 Å². The summed E-state index contributed by atoms with van der Waals surface area (Å²) in [5.74, 6) is 0.